The van der Waals surface area contributed by atoms with E-state index in [-0.39, 0.29) is 24.5 Å². The fraction of sp³-hybridized carbons (Fsp3) is 0.184. The highest BCUT2D eigenvalue weighted by Crippen LogP contribution is 2.34. The van der Waals surface area contributed by atoms with Gasteiger partial charge in [0, 0.05) is 12.2 Å². The van der Waals surface area contributed by atoms with Gasteiger partial charge in [-0.3, -0.25) is 19.2 Å². The number of carbonyl (C=O) groups excluding carboxylic acids is 5. The Kier molecular flexibility index (Phi) is 11.2. The molecule has 5 rings (SSSR count). The number of carbonyl (C=O) groups is 5. The topological polar surface area (TPSA) is 156 Å². The second kappa shape index (κ2) is 16.1. The van der Waals surface area contributed by atoms with Crippen molar-refractivity contribution in [2.45, 2.75) is 39.1 Å². The Balaban J connectivity index is 1.33. The number of ether oxygens (including phenoxy) is 3. The normalized spacial score (nSPS) is 11.4. The molecule has 0 saturated carbocycles. The van der Waals surface area contributed by atoms with Crippen LogP contribution in [0, 0.1) is 6.92 Å². The van der Waals surface area contributed by atoms with Crippen molar-refractivity contribution in [1.29, 1.82) is 0 Å². The summed E-state index contributed by atoms with van der Waals surface area (Å²) in [5.74, 6) is -4.17. The van der Waals surface area contributed by atoms with Crippen LogP contribution < -0.4 is 15.8 Å². The maximum absolute atomic E-state index is 13.2. The van der Waals surface area contributed by atoms with Crippen molar-refractivity contribution in [1.82, 2.24) is 9.88 Å². The Labute approximate surface area is 282 Å². The molecular formula is C38H35N3O8. The number of nitrogens with zero attached hydrogens (tertiary/aromatic N) is 1. The molecule has 4 aromatic carbocycles. The van der Waals surface area contributed by atoms with E-state index in [4.69, 9.17) is 19.9 Å². The van der Waals surface area contributed by atoms with E-state index in [1.807, 2.05) is 47.0 Å². The van der Waals surface area contributed by atoms with E-state index in [0.717, 1.165) is 16.7 Å². The van der Waals surface area contributed by atoms with Crippen LogP contribution in [-0.2, 0) is 48.4 Å². The molecule has 3 N–H and O–H groups in total. The van der Waals surface area contributed by atoms with Crippen LogP contribution in [0.25, 0.3) is 10.9 Å². The van der Waals surface area contributed by atoms with Crippen LogP contribution in [0.15, 0.2) is 109 Å². The molecule has 0 aliphatic heterocycles. The first-order valence-corrected chi connectivity index (χ1v) is 15.5. The highest BCUT2D eigenvalue weighted by molar-refractivity contribution is 6.45. The fourth-order valence-corrected chi connectivity index (χ4v) is 5.35. The first-order valence-electron chi connectivity index (χ1n) is 15.5. The van der Waals surface area contributed by atoms with Crippen molar-refractivity contribution < 1.29 is 38.2 Å². The quantitative estimate of drug-likeness (QED) is 0.0950. The maximum Gasteiger partial charge on any atom is 0.329 e. The second-order valence-corrected chi connectivity index (χ2v) is 11.2. The molecular weight excluding hydrogens is 626 g/mol. The average molecular weight is 662 g/mol. The molecule has 0 aliphatic carbocycles. The van der Waals surface area contributed by atoms with Gasteiger partial charge in [-0.15, -0.1) is 0 Å². The van der Waals surface area contributed by atoms with Crippen molar-refractivity contribution in [3.8, 4) is 5.75 Å². The molecule has 1 atom stereocenters. The van der Waals surface area contributed by atoms with Gasteiger partial charge < -0.3 is 29.8 Å². The molecule has 0 aliphatic rings. The number of nitrogens with two attached hydrogens (primary N) is 1. The zero-order valence-electron chi connectivity index (χ0n) is 26.8. The van der Waals surface area contributed by atoms with Crippen LogP contribution in [0.5, 0.6) is 5.75 Å². The number of hydrogen-bond acceptors (Lipinski definition) is 8. The van der Waals surface area contributed by atoms with Gasteiger partial charge in [0.2, 0.25) is 0 Å². The van der Waals surface area contributed by atoms with Crippen molar-refractivity contribution in [2.75, 3.05) is 6.61 Å². The molecule has 1 aromatic heterocycles. The summed E-state index contributed by atoms with van der Waals surface area (Å²) in [6.45, 7) is 1.43. The lowest BCUT2D eigenvalue weighted by molar-refractivity contribution is -0.155. The van der Waals surface area contributed by atoms with Gasteiger partial charge in [-0.25, -0.2) is 4.79 Å². The molecule has 11 nitrogen and oxygen atoms in total. The summed E-state index contributed by atoms with van der Waals surface area (Å²) in [5.41, 5.74) is 9.01. The van der Waals surface area contributed by atoms with Gasteiger partial charge in [0.1, 0.15) is 25.0 Å². The van der Waals surface area contributed by atoms with E-state index >= 15 is 0 Å². The van der Waals surface area contributed by atoms with Gasteiger partial charge in [0.05, 0.1) is 22.9 Å². The Hall–Kier alpha value is -6.23. The largest absolute Gasteiger partial charge is 0.483 e. The summed E-state index contributed by atoms with van der Waals surface area (Å²) in [4.78, 5) is 64.2. The number of primary amides is 1. The summed E-state index contributed by atoms with van der Waals surface area (Å²) in [6, 6.07) is 31.2. The van der Waals surface area contributed by atoms with Gasteiger partial charge in [0.25, 0.3) is 17.6 Å². The predicted molar refractivity (Wildman–Crippen MR) is 180 cm³/mol. The van der Waals surface area contributed by atoms with Crippen LogP contribution in [0.3, 0.4) is 0 Å². The number of fused-ring (bicyclic) bond motifs is 1. The molecule has 0 saturated heterocycles. The standard InChI is InChI=1S/C38H35N3O8/c1-25-34(36(44)37(39)45)35-30(41(25)21-26-12-5-2-6-13-26)18-11-19-31(35)47-24-32(42)40-29(38(46)49-23-28-16-9-4-10-17-28)20-33(43)48-22-27-14-7-3-8-15-27/h2-19,29H,20-24H2,1H3,(H2,39,45)(H,40,42). The smallest absolute Gasteiger partial charge is 0.329 e. The number of ketones is 1. The molecule has 1 heterocycles. The van der Waals surface area contributed by atoms with Crippen LogP contribution >= 0.6 is 0 Å². The molecule has 0 fully saturated rings. The lowest BCUT2D eigenvalue weighted by Crippen LogP contribution is -2.45. The van der Waals surface area contributed by atoms with Gasteiger partial charge in [-0.2, -0.15) is 0 Å². The number of Topliss-reactive ketones (excluding diaryl/α,β-unsaturated/α-hetero) is 1. The third kappa shape index (κ3) is 8.77. The van der Waals surface area contributed by atoms with Crippen molar-refractivity contribution in [3.05, 3.63) is 137 Å². The van der Waals surface area contributed by atoms with E-state index in [1.165, 1.54) is 0 Å². The van der Waals surface area contributed by atoms with Gasteiger partial charge >= 0.3 is 11.9 Å². The van der Waals surface area contributed by atoms with Crippen molar-refractivity contribution >= 4 is 40.4 Å². The minimum atomic E-state index is -1.37. The lowest BCUT2D eigenvalue weighted by Gasteiger charge is -2.18. The molecule has 49 heavy (non-hydrogen) atoms. The van der Waals surface area contributed by atoms with E-state index in [1.54, 1.807) is 73.7 Å². The SMILES string of the molecule is Cc1c(C(=O)C(N)=O)c2c(OCC(=O)NC(CC(=O)OCc3ccccc3)C(=O)OCc3ccccc3)cccc2n1Cc1ccccc1. The first kappa shape index (κ1) is 34.1. The van der Waals surface area contributed by atoms with E-state index in [2.05, 4.69) is 5.32 Å². The van der Waals surface area contributed by atoms with E-state index in [0.29, 0.717) is 23.1 Å². The van der Waals surface area contributed by atoms with E-state index < -0.39 is 48.6 Å². The fourth-order valence-electron chi connectivity index (χ4n) is 5.35. The molecule has 250 valence electrons. The molecule has 5 aromatic rings. The summed E-state index contributed by atoms with van der Waals surface area (Å²) >= 11 is 0. The molecule has 2 amide bonds. The van der Waals surface area contributed by atoms with Gasteiger partial charge in [-0.1, -0.05) is 97.1 Å². The van der Waals surface area contributed by atoms with Gasteiger partial charge in [-0.05, 0) is 35.7 Å². The predicted octanol–water partition coefficient (Wildman–Crippen LogP) is 4.41. The molecule has 0 radical (unpaired) electrons. The summed E-state index contributed by atoms with van der Waals surface area (Å²) in [6.07, 6.45) is -0.486. The van der Waals surface area contributed by atoms with Crippen LogP contribution in [0.1, 0.15) is 39.2 Å². The summed E-state index contributed by atoms with van der Waals surface area (Å²) in [5, 5.41) is 2.84. The summed E-state index contributed by atoms with van der Waals surface area (Å²) < 4.78 is 18.5. The number of esters is 2. The minimum absolute atomic E-state index is 0.0117. The average Bonchev–Trinajstić information content (AvgIpc) is 3.40. The molecule has 1 unspecified atom stereocenters. The van der Waals surface area contributed by atoms with Crippen LogP contribution in [-0.4, -0.2) is 46.8 Å². The van der Waals surface area contributed by atoms with Crippen molar-refractivity contribution in [3.63, 3.8) is 0 Å². The highest BCUT2D eigenvalue weighted by atomic mass is 16.5. The first-order chi connectivity index (χ1) is 23.7. The zero-order chi connectivity index (χ0) is 34.8. The second-order valence-electron chi connectivity index (χ2n) is 11.2. The third-order valence-corrected chi connectivity index (χ3v) is 7.76. The van der Waals surface area contributed by atoms with E-state index in [9.17, 15) is 24.0 Å². The summed E-state index contributed by atoms with van der Waals surface area (Å²) in [7, 11) is 0. The number of aromatic nitrogens is 1. The maximum atomic E-state index is 13.2. The Morgan fingerprint density at radius 3 is 1.90 bits per heavy atom. The van der Waals surface area contributed by atoms with Crippen molar-refractivity contribution in [2.24, 2.45) is 5.73 Å². The number of nitrogens with one attached hydrogen (secondary N) is 1. The zero-order valence-corrected chi connectivity index (χ0v) is 26.8. The third-order valence-electron chi connectivity index (χ3n) is 7.76. The van der Waals surface area contributed by atoms with Crippen LogP contribution in [0.4, 0.5) is 0 Å². The number of benzene rings is 4. The number of hydrogen-bond donors (Lipinski definition) is 2. The molecule has 11 heteroatoms. The van der Waals surface area contributed by atoms with Gasteiger partial charge in [0.15, 0.2) is 6.61 Å². The lowest BCUT2D eigenvalue weighted by atomic mass is 10.1. The monoisotopic (exact) mass is 661 g/mol. The highest BCUT2D eigenvalue weighted by Gasteiger charge is 2.28. The Morgan fingerprint density at radius 1 is 0.735 bits per heavy atom. The number of rotatable bonds is 15. The Bertz CT molecular complexity index is 1960. The molecule has 0 spiro atoms. The Morgan fingerprint density at radius 2 is 1.31 bits per heavy atom. The van der Waals surface area contributed by atoms with Crippen LogP contribution in [0.2, 0.25) is 0 Å². The number of amides is 2. The minimum Gasteiger partial charge on any atom is -0.483 e. The molecule has 0 bridgehead atoms.